The number of anilines is 1. The van der Waals surface area contributed by atoms with Crippen LogP contribution in [0.15, 0.2) is 35.0 Å². The van der Waals surface area contributed by atoms with Gasteiger partial charge in [-0.1, -0.05) is 0 Å². The molecule has 0 spiro atoms. The quantitative estimate of drug-likeness (QED) is 0.765. The number of rotatable bonds is 4. The Morgan fingerprint density at radius 2 is 2.08 bits per heavy atom. The molecule has 1 aliphatic heterocycles. The SMILES string of the molecule is Cc1ncc(-c2ccc3cnc(NC(=O)CN4CCOCC4)cc3n2)o1. The van der Waals surface area contributed by atoms with Gasteiger partial charge >= 0.3 is 0 Å². The first kappa shape index (κ1) is 16.6. The van der Waals surface area contributed by atoms with E-state index in [-0.39, 0.29) is 5.91 Å². The number of nitrogens with one attached hydrogen (secondary N) is 1. The Balaban J connectivity index is 1.51. The number of hydrogen-bond acceptors (Lipinski definition) is 7. The van der Waals surface area contributed by atoms with Gasteiger partial charge in [-0.15, -0.1) is 0 Å². The molecule has 1 amide bonds. The minimum Gasteiger partial charge on any atom is -0.439 e. The summed E-state index contributed by atoms with van der Waals surface area (Å²) < 4.78 is 10.8. The van der Waals surface area contributed by atoms with E-state index in [1.165, 1.54) is 0 Å². The molecule has 4 rings (SSSR count). The number of pyridine rings is 2. The lowest BCUT2D eigenvalue weighted by Crippen LogP contribution is -2.41. The molecule has 0 bridgehead atoms. The van der Waals surface area contributed by atoms with E-state index < -0.39 is 0 Å². The number of amides is 1. The molecule has 3 aromatic rings. The fraction of sp³-hybridized carbons (Fsp3) is 0.333. The lowest BCUT2D eigenvalue weighted by Gasteiger charge is -2.25. The number of aryl methyl sites for hydroxylation is 1. The molecule has 0 saturated carbocycles. The van der Waals surface area contributed by atoms with Gasteiger partial charge in [0.25, 0.3) is 0 Å². The Morgan fingerprint density at radius 3 is 2.85 bits per heavy atom. The van der Waals surface area contributed by atoms with E-state index in [1.54, 1.807) is 25.4 Å². The van der Waals surface area contributed by atoms with Crippen molar-refractivity contribution in [3.05, 3.63) is 36.5 Å². The molecule has 1 fully saturated rings. The van der Waals surface area contributed by atoms with Gasteiger partial charge in [-0.3, -0.25) is 9.69 Å². The number of morpholine rings is 1. The monoisotopic (exact) mass is 353 g/mol. The van der Waals surface area contributed by atoms with E-state index in [0.29, 0.717) is 42.9 Å². The van der Waals surface area contributed by atoms with Crippen LogP contribution in [0.25, 0.3) is 22.4 Å². The first-order valence-corrected chi connectivity index (χ1v) is 8.47. The van der Waals surface area contributed by atoms with Crippen molar-refractivity contribution in [1.29, 1.82) is 0 Å². The predicted molar refractivity (Wildman–Crippen MR) is 95.7 cm³/mol. The highest BCUT2D eigenvalue weighted by atomic mass is 16.5. The average molecular weight is 353 g/mol. The standard InChI is InChI=1S/C18H19N5O3/c1-12-19-10-16(26-12)14-3-2-13-9-20-17(8-15(13)21-14)22-18(24)11-23-4-6-25-7-5-23/h2-3,8-10H,4-7,11H2,1H3,(H,20,22,24). The third kappa shape index (κ3) is 3.71. The molecule has 0 aromatic carbocycles. The Bertz CT molecular complexity index is 933. The lowest BCUT2D eigenvalue weighted by atomic mass is 10.2. The topological polar surface area (TPSA) is 93.4 Å². The molecule has 1 N–H and O–H groups in total. The summed E-state index contributed by atoms with van der Waals surface area (Å²) in [5.41, 5.74) is 1.42. The number of nitrogens with zero attached hydrogens (tertiary/aromatic N) is 4. The Labute approximate surface area is 150 Å². The van der Waals surface area contributed by atoms with E-state index in [2.05, 4.69) is 25.2 Å². The number of carbonyl (C=O) groups excluding carboxylic acids is 1. The highest BCUT2D eigenvalue weighted by molar-refractivity contribution is 5.93. The van der Waals surface area contributed by atoms with Gasteiger partial charge in [-0.05, 0) is 12.1 Å². The van der Waals surface area contributed by atoms with E-state index in [0.717, 1.165) is 24.0 Å². The third-order valence-corrected chi connectivity index (χ3v) is 4.19. The zero-order chi connectivity index (χ0) is 17.9. The largest absolute Gasteiger partial charge is 0.439 e. The van der Waals surface area contributed by atoms with Crippen molar-refractivity contribution in [3.8, 4) is 11.5 Å². The van der Waals surface area contributed by atoms with Crippen molar-refractivity contribution < 1.29 is 13.9 Å². The molecule has 3 aromatic heterocycles. The molecule has 0 unspecified atom stereocenters. The summed E-state index contributed by atoms with van der Waals surface area (Å²) in [6.45, 7) is 4.97. The summed E-state index contributed by atoms with van der Waals surface area (Å²) in [6, 6.07) is 5.54. The summed E-state index contributed by atoms with van der Waals surface area (Å²) >= 11 is 0. The summed E-state index contributed by atoms with van der Waals surface area (Å²) in [7, 11) is 0. The van der Waals surface area contributed by atoms with Crippen molar-refractivity contribution >= 4 is 22.6 Å². The molecule has 1 aliphatic rings. The summed E-state index contributed by atoms with van der Waals surface area (Å²) in [5, 5.41) is 3.72. The van der Waals surface area contributed by atoms with E-state index >= 15 is 0 Å². The first-order chi connectivity index (χ1) is 12.7. The Morgan fingerprint density at radius 1 is 1.23 bits per heavy atom. The van der Waals surface area contributed by atoms with Gasteiger partial charge in [-0.2, -0.15) is 0 Å². The van der Waals surface area contributed by atoms with Gasteiger partial charge in [0.1, 0.15) is 11.5 Å². The van der Waals surface area contributed by atoms with Crippen molar-refractivity contribution in [3.63, 3.8) is 0 Å². The van der Waals surface area contributed by atoms with Crippen LogP contribution in [0, 0.1) is 6.92 Å². The molecular formula is C18H19N5O3. The van der Waals surface area contributed by atoms with Gasteiger partial charge in [-0.25, -0.2) is 15.0 Å². The fourth-order valence-electron chi connectivity index (χ4n) is 2.85. The molecule has 0 atom stereocenters. The van der Waals surface area contributed by atoms with Crippen LogP contribution in [0.4, 0.5) is 5.82 Å². The molecular weight excluding hydrogens is 334 g/mol. The van der Waals surface area contributed by atoms with E-state index in [1.807, 2.05) is 12.1 Å². The minimum absolute atomic E-state index is 0.0965. The second-order valence-electron chi connectivity index (χ2n) is 6.14. The minimum atomic E-state index is -0.0965. The second-order valence-corrected chi connectivity index (χ2v) is 6.14. The summed E-state index contributed by atoms with van der Waals surface area (Å²) in [6.07, 6.45) is 3.35. The second kappa shape index (κ2) is 7.19. The number of ether oxygens (including phenoxy) is 1. The smallest absolute Gasteiger partial charge is 0.239 e. The van der Waals surface area contributed by atoms with Crippen LogP contribution in [0.2, 0.25) is 0 Å². The number of carbonyl (C=O) groups is 1. The fourth-order valence-corrected chi connectivity index (χ4v) is 2.85. The molecule has 1 saturated heterocycles. The van der Waals surface area contributed by atoms with Gasteiger partial charge in [0.05, 0.1) is 31.5 Å². The van der Waals surface area contributed by atoms with Crippen molar-refractivity contribution in [2.75, 3.05) is 38.2 Å². The van der Waals surface area contributed by atoms with Crippen LogP contribution < -0.4 is 5.32 Å². The van der Waals surface area contributed by atoms with Crippen LogP contribution in [0.3, 0.4) is 0 Å². The lowest BCUT2D eigenvalue weighted by molar-refractivity contribution is -0.118. The molecule has 4 heterocycles. The summed E-state index contributed by atoms with van der Waals surface area (Å²) in [4.78, 5) is 27.3. The molecule has 0 aliphatic carbocycles. The van der Waals surface area contributed by atoms with Crippen LogP contribution in [0.1, 0.15) is 5.89 Å². The zero-order valence-corrected chi connectivity index (χ0v) is 14.4. The Kier molecular flexibility index (Phi) is 4.59. The van der Waals surface area contributed by atoms with Gasteiger partial charge < -0.3 is 14.5 Å². The van der Waals surface area contributed by atoms with Crippen LogP contribution in [0.5, 0.6) is 0 Å². The highest BCUT2D eigenvalue weighted by Gasteiger charge is 2.15. The van der Waals surface area contributed by atoms with Crippen molar-refractivity contribution in [1.82, 2.24) is 19.9 Å². The number of fused-ring (bicyclic) bond motifs is 1. The van der Waals surface area contributed by atoms with E-state index in [9.17, 15) is 4.79 Å². The molecule has 134 valence electrons. The van der Waals surface area contributed by atoms with Gasteiger partial charge in [0, 0.05) is 37.7 Å². The van der Waals surface area contributed by atoms with E-state index in [4.69, 9.17) is 9.15 Å². The third-order valence-electron chi connectivity index (χ3n) is 4.19. The number of oxazole rings is 1. The number of aromatic nitrogens is 3. The maximum Gasteiger partial charge on any atom is 0.239 e. The molecule has 26 heavy (non-hydrogen) atoms. The maximum absolute atomic E-state index is 12.2. The average Bonchev–Trinajstić information content (AvgIpc) is 3.08. The number of hydrogen-bond donors (Lipinski definition) is 1. The van der Waals surface area contributed by atoms with Crippen LogP contribution in [-0.2, 0) is 9.53 Å². The van der Waals surface area contributed by atoms with Crippen molar-refractivity contribution in [2.45, 2.75) is 6.92 Å². The zero-order valence-electron chi connectivity index (χ0n) is 14.4. The first-order valence-electron chi connectivity index (χ1n) is 8.47. The molecule has 0 radical (unpaired) electrons. The molecule has 8 heteroatoms. The Hall–Kier alpha value is -2.84. The maximum atomic E-state index is 12.2. The predicted octanol–water partition coefficient (Wildman–Crippen LogP) is 1.86. The van der Waals surface area contributed by atoms with Crippen LogP contribution >= 0.6 is 0 Å². The van der Waals surface area contributed by atoms with Gasteiger partial charge in [0.2, 0.25) is 5.91 Å². The van der Waals surface area contributed by atoms with Crippen molar-refractivity contribution in [2.24, 2.45) is 0 Å². The summed E-state index contributed by atoms with van der Waals surface area (Å²) in [5.74, 6) is 1.58. The normalized spacial score (nSPS) is 15.3. The van der Waals surface area contributed by atoms with Gasteiger partial charge in [0.15, 0.2) is 11.7 Å². The molecule has 8 nitrogen and oxygen atoms in total. The highest BCUT2D eigenvalue weighted by Crippen LogP contribution is 2.22. The van der Waals surface area contributed by atoms with Crippen LogP contribution in [-0.4, -0.2) is 58.6 Å².